The lowest BCUT2D eigenvalue weighted by atomic mass is 10.0. The van der Waals surface area contributed by atoms with E-state index in [1.165, 1.54) is 5.56 Å². The topological polar surface area (TPSA) is 51.8 Å². The van der Waals surface area contributed by atoms with Crippen molar-refractivity contribution in [1.29, 1.82) is 0 Å². The Morgan fingerprint density at radius 1 is 1.18 bits per heavy atom. The molecule has 3 aromatic rings. The first kappa shape index (κ1) is 14.9. The second kappa shape index (κ2) is 6.81. The number of nitrogens with zero attached hydrogens (tertiary/aromatic N) is 2. The number of aryl methyl sites for hydroxylation is 1. The van der Waals surface area contributed by atoms with Crippen molar-refractivity contribution in [1.82, 2.24) is 9.97 Å². The lowest BCUT2D eigenvalue weighted by Crippen LogP contribution is -2.13. The Labute approximate surface area is 134 Å². The summed E-state index contributed by atoms with van der Waals surface area (Å²) in [6.45, 7) is 2.16. The van der Waals surface area contributed by atoms with Crippen LogP contribution in [0.4, 0.5) is 0 Å². The molecule has 2 aromatic heterocycles. The summed E-state index contributed by atoms with van der Waals surface area (Å²) in [7, 11) is 0. The maximum Gasteiger partial charge on any atom is 0.0951 e. The van der Waals surface area contributed by atoms with Gasteiger partial charge in [-0.2, -0.15) is 0 Å². The third-order valence-electron chi connectivity index (χ3n) is 3.72. The van der Waals surface area contributed by atoms with E-state index in [1.54, 1.807) is 17.5 Å². The molecule has 2 heterocycles. The third kappa shape index (κ3) is 3.40. The summed E-state index contributed by atoms with van der Waals surface area (Å²) in [5.41, 5.74) is 10.8. The minimum Gasteiger partial charge on any atom is -0.324 e. The Balaban J connectivity index is 1.71. The zero-order valence-corrected chi connectivity index (χ0v) is 13.4. The highest BCUT2D eigenvalue weighted by Gasteiger charge is 2.11. The van der Waals surface area contributed by atoms with Gasteiger partial charge in [-0.3, -0.25) is 4.98 Å². The van der Waals surface area contributed by atoms with Crippen LogP contribution in [0.1, 0.15) is 29.1 Å². The van der Waals surface area contributed by atoms with Crippen molar-refractivity contribution in [3.63, 3.8) is 0 Å². The van der Waals surface area contributed by atoms with E-state index in [1.807, 2.05) is 18.3 Å². The van der Waals surface area contributed by atoms with Crippen molar-refractivity contribution in [2.45, 2.75) is 25.8 Å². The maximum absolute atomic E-state index is 6.32. The van der Waals surface area contributed by atoms with E-state index in [0.717, 1.165) is 34.7 Å². The molecule has 0 fully saturated rings. The fraction of sp³-hybridized carbons (Fsp3) is 0.222. The number of nitrogens with two attached hydrogens (primary N) is 1. The summed E-state index contributed by atoms with van der Waals surface area (Å²) in [5.74, 6) is 0. The second-order valence-electron chi connectivity index (χ2n) is 5.27. The van der Waals surface area contributed by atoms with E-state index in [2.05, 4.69) is 46.5 Å². The van der Waals surface area contributed by atoms with Gasteiger partial charge in [-0.1, -0.05) is 31.2 Å². The highest BCUT2D eigenvalue weighted by molar-refractivity contribution is 7.09. The normalized spacial score (nSPS) is 12.3. The summed E-state index contributed by atoms with van der Waals surface area (Å²) < 4.78 is 0. The average Bonchev–Trinajstić information content (AvgIpc) is 3.04. The Kier molecular flexibility index (Phi) is 4.61. The molecule has 0 radical (unpaired) electrons. The van der Waals surface area contributed by atoms with Crippen LogP contribution in [0, 0.1) is 0 Å². The third-order valence-corrected chi connectivity index (χ3v) is 4.59. The Hall–Kier alpha value is -2.04. The molecule has 1 atom stereocenters. The van der Waals surface area contributed by atoms with Crippen molar-refractivity contribution in [3.05, 3.63) is 70.3 Å². The van der Waals surface area contributed by atoms with Crippen LogP contribution in [0.5, 0.6) is 0 Å². The predicted octanol–water partition coefficient (Wildman–Crippen LogP) is 4.01. The van der Waals surface area contributed by atoms with Crippen LogP contribution in [0.15, 0.2) is 54.2 Å². The highest BCUT2D eigenvalue weighted by Crippen LogP contribution is 2.24. The van der Waals surface area contributed by atoms with Crippen molar-refractivity contribution in [2.24, 2.45) is 5.73 Å². The van der Waals surface area contributed by atoms with E-state index in [4.69, 9.17) is 5.73 Å². The van der Waals surface area contributed by atoms with Crippen LogP contribution in [0.25, 0.3) is 11.3 Å². The van der Waals surface area contributed by atoms with Gasteiger partial charge in [0, 0.05) is 35.8 Å². The van der Waals surface area contributed by atoms with E-state index in [-0.39, 0.29) is 6.04 Å². The molecule has 0 aliphatic heterocycles. The lowest BCUT2D eigenvalue weighted by molar-refractivity contribution is 0.718. The molecule has 0 amide bonds. The standard InChI is InChI=1S/C18H19N3S/c1-2-13-5-7-14(8-6-13)16(19)10-18-21-17(12-22-18)15-4-3-9-20-11-15/h3-9,11-12,16H,2,10,19H2,1H3. The van der Waals surface area contributed by atoms with Crippen LogP contribution in [-0.2, 0) is 12.8 Å². The van der Waals surface area contributed by atoms with Crippen LogP contribution in [-0.4, -0.2) is 9.97 Å². The molecule has 112 valence electrons. The maximum atomic E-state index is 6.32. The zero-order valence-electron chi connectivity index (χ0n) is 12.6. The summed E-state index contributed by atoms with van der Waals surface area (Å²) >= 11 is 1.66. The summed E-state index contributed by atoms with van der Waals surface area (Å²) in [4.78, 5) is 8.81. The van der Waals surface area contributed by atoms with Gasteiger partial charge in [-0.05, 0) is 29.7 Å². The molecule has 4 heteroatoms. The summed E-state index contributed by atoms with van der Waals surface area (Å²) in [6, 6.07) is 12.5. The van der Waals surface area contributed by atoms with E-state index in [9.17, 15) is 0 Å². The summed E-state index contributed by atoms with van der Waals surface area (Å²) in [6.07, 6.45) is 5.42. The van der Waals surface area contributed by atoms with Gasteiger partial charge < -0.3 is 5.73 Å². The number of pyridine rings is 1. The first-order valence-corrected chi connectivity index (χ1v) is 8.33. The molecule has 0 aliphatic rings. The smallest absolute Gasteiger partial charge is 0.0951 e. The molecule has 0 saturated carbocycles. The first-order chi connectivity index (χ1) is 10.8. The van der Waals surface area contributed by atoms with Gasteiger partial charge in [0.1, 0.15) is 0 Å². The molecule has 1 unspecified atom stereocenters. The van der Waals surface area contributed by atoms with Crippen molar-refractivity contribution in [2.75, 3.05) is 0 Å². The van der Waals surface area contributed by atoms with Crippen LogP contribution >= 0.6 is 11.3 Å². The van der Waals surface area contributed by atoms with Crippen molar-refractivity contribution < 1.29 is 0 Å². The molecule has 0 aliphatic carbocycles. The van der Waals surface area contributed by atoms with Crippen LogP contribution in [0.3, 0.4) is 0 Å². The summed E-state index contributed by atoms with van der Waals surface area (Å²) in [5, 5.41) is 3.13. The molecule has 0 spiro atoms. The molecular weight excluding hydrogens is 290 g/mol. The molecule has 3 rings (SSSR count). The van der Waals surface area contributed by atoms with Gasteiger partial charge in [0.15, 0.2) is 0 Å². The van der Waals surface area contributed by atoms with Gasteiger partial charge >= 0.3 is 0 Å². The lowest BCUT2D eigenvalue weighted by Gasteiger charge is -2.10. The average molecular weight is 309 g/mol. The zero-order chi connectivity index (χ0) is 15.4. The number of hydrogen-bond donors (Lipinski definition) is 1. The predicted molar refractivity (Wildman–Crippen MR) is 91.8 cm³/mol. The van der Waals surface area contributed by atoms with Crippen molar-refractivity contribution in [3.8, 4) is 11.3 Å². The molecular formula is C18H19N3S. The number of hydrogen-bond acceptors (Lipinski definition) is 4. The van der Waals surface area contributed by atoms with Gasteiger partial charge in [0.2, 0.25) is 0 Å². The minimum absolute atomic E-state index is 0.0150. The van der Waals surface area contributed by atoms with Crippen molar-refractivity contribution >= 4 is 11.3 Å². The van der Waals surface area contributed by atoms with Crippen LogP contribution < -0.4 is 5.73 Å². The molecule has 0 bridgehead atoms. The largest absolute Gasteiger partial charge is 0.324 e. The van der Waals surface area contributed by atoms with E-state index in [0.29, 0.717) is 0 Å². The Morgan fingerprint density at radius 2 is 2.00 bits per heavy atom. The number of aromatic nitrogens is 2. The van der Waals surface area contributed by atoms with E-state index < -0.39 is 0 Å². The van der Waals surface area contributed by atoms with Gasteiger partial charge in [-0.25, -0.2) is 4.98 Å². The molecule has 3 nitrogen and oxygen atoms in total. The molecule has 22 heavy (non-hydrogen) atoms. The number of benzene rings is 1. The number of rotatable bonds is 5. The van der Waals surface area contributed by atoms with Gasteiger partial charge in [0.05, 0.1) is 10.7 Å². The first-order valence-electron chi connectivity index (χ1n) is 7.45. The fourth-order valence-corrected chi connectivity index (χ4v) is 3.22. The molecule has 2 N–H and O–H groups in total. The highest BCUT2D eigenvalue weighted by atomic mass is 32.1. The Morgan fingerprint density at radius 3 is 2.68 bits per heavy atom. The SMILES string of the molecule is CCc1ccc(C(N)Cc2nc(-c3cccnc3)cs2)cc1. The van der Waals surface area contributed by atoms with Crippen LogP contribution in [0.2, 0.25) is 0 Å². The minimum atomic E-state index is -0.0150. The second-order valence-corrected chi connectivity index (χ2v) is 6.22. The monoisotopic (exact) mass is 309 g/mol. The van der Waals surface area contributed by atoms with Gasteiger partial charge in [-0.15, -0.1) is 11.3 Å². The quantitative estimate of drug-likeness (QED) is 0.774. The number of thiazole rings is 1. The fourth-order valence-electron chi connectivity index (χ4n) is 2.36. The Bertz CT molecular complexity index is 720. The molecule has 0 saturated heterocycles. The van der Waals surface area contributed by atoms with E-state index >= 15 is 0 Å². The van der Waals surface area contributed by atoms with Gasteiger partial charge in [0.25, 0.3) is 0 Å². The molecule has 1 aromatic carbocycles.